The van der Waals surface area contributed by atoms with Crippen LogP contribution in [0.15, 0.2) is 30.3 Å². The lowest BCUT2D eigenvalue weighted by atomic mass is 9.99. The monoisotopic (exact) mass is 271 g/mol. The van der Waals surface area contributed by atoms with Crippen LogP contribution in [-0.2, 0) is 4.79 Å². The third kappa shape index (κ3) is 2.96. The molecule has 0 aliphatic carbocycles. The van der Waals surface area contributed by atoms with Crippen molar-refractivity contribution in [3.63, 3.8) is 0 Å². The molecular formula is C16H21N3O. The molecule has 0 radical (unpaired) electrons. The van der Waals surface area contributed by atoms with Gasteiger partial charge in [-0.1, -0.05) is 38.5 Å². The zero-order valence-corrected chi connectivity index (χ0v) is 12.2. The Bertz CT molecular complexity index is 624. The summed E-state index contributed by atoms with van der Waals surface area (Å²) in [5.74, 6) is -0.00479. The van der Waals surface area contributed by atoms with Crippen LogP contribution in [0.25, 0.3) is 10.9 Å². The van der Waals surface area contributed by atoms with E-state index in [1.807, 2.05) is 51.1 Å². The van der Waals surface area contributed by atoms with E-state index in [1.165, 1.54) is 0 Å². The zero-order chi connectivity index (χ0) is 14.7. The van der Waals surface area contributed by atoms with E-state index in [4.69, 9.17) is 5.73 Å². The van der Waals surface area contributed by atoms with Gasteiger partial charge in [-0.15, -0.1) is 0 Å². The average molecular weight is 271 g/mol. The molecule has 2 rings (SSSR count). The van der Waals surface area contributed by atoms with Gasteiger partial charge < -0.3 is 11.1 Å². The van der Waals surface area contributed by atoms with E-state index in [0.717, 1.165) is 28.7 Å². The fourth-order valence-electron chi connectivity index (χ4n) is 2.07. The second-order valence-electron chi connectivity index (χ2n) is 5.23. The van der Waals surface area contributed by atoms with Crippen molar-refractivity contribution in [1.82, 2.24) is 4.98 Å². The van der Waals surface area contributed by atoms with Crippen LogP contribution < -0.4 is 11.1 Å². The first kappa shape index (κ1) is 14.5. The summed E-state index contributed by atoms with van der Waals surface area (Å²) in [5, 5.41) is 3.91. The Hall–Kier alpha value is -1.94. The Balaban J connectivity index is 2.30. The molecule has 2 unspecified atom stereocenters. The molecule has 1 heterocycles. The van der Waals surface area contributed by atoms with Crippen molar-refractivity contribution in [2.75, 3.05) is 5.32 Å². The number of para-hydroxylation sites is 1. The molecule has 3 N–H and O–H groups in total. The van der Waals surface area contributed by atoms with Gasteiger partial charge in [0.05, 0.1) is 17.2 Å². The summed E-state index contributed by atoms with van der Waals surface area (Å²) in [6.07, 6.45) is 0.876. The van der Waals surface area contributed by atoms with Gasteiger partial charge in [0.1, 0.15) is 0 Å². The third-order valence-electron chi connectivity index (χ3n) is 3.68. The Morgan fingerprint density at radius 1 is 1.35 bits per heavy atom. The van der Waals surface area contributed by atoms with Gasteiger partial charge in [0.15, 0.2) is 0 Å². The number of carbonyl (C=O) groups excluding carboxylic acids is 1. The van der Waals surface area contributed by atoms with Crippen molar-refractivity contribution in [1.29, 1.82) is 0 Å². The maximum atomic E-state index is 12.2. The van der Waals surface area contributed by atoms with Crippen molar-refractivity contribution in [3.05, 3.63) is 36.0 Å². The number of carbonyl (C=O) groups is 1. The molecule has 2 atom stereocenters. The lowest BCUT2D eigenvalue weighted by molar-refractivity contribution is -0.118. The minimum absolute atomic E-state index is 0.152. The number of hydrogen-bond donors (Lipinski definition) is 2. The maximum Gasteiger partial charge on any atom is 0.241 e. The molecule has 0 aliphatic rings. The van der Waals surface area contributed by atoms with Crippen LogP contribution >= 0.6 is 0 Å². The largest absolute Gasteiger partial charge is 0.323 e. The van der Waals surface area contributed by atoms with E-state index in [9.17, 15) is 4.79 Å². The molecule has 4 heteroatoms. The molecule has 0 saturated carbocycles. The molecule has 106 valence electrons. The molecule has 0 aliphatic heterocycles. The highest BCUT2D eigenvalue weighted by Crippen LogP contribution is 2.22. The van der Waals surface area contributed by atoms with Gasteiger partial charge in [-0.25, -0.2) is 0 Å². The van der Waals surface area contributed by atoms with Crippen molar-refractivity contribution in [3.8, 4) is 0 Å². The SMILES string of the molecule is CCC(C)C(N)C(=O)Nc1cccc2ccc(C)nc12. The maximum absolute atomic E-state index is 12.2. The number of anilines is 1. The van der Waals surface area contributed by atoms with Crippen LogP contribution in [0.5, 0.6) is 0 Å². The van der Waals surface area contributed by atoms with Crippen molar-refractivity contribution < 1.29 is 4.79 Å². The van der Waals surface area contributed by atoms with E-state index in [2.05, 4.69) is 10.3 Å². The molecule has 0 spiro atoms. The molecule has 0 fully saturated rings. The number of pyridine rings is 1. The van der Waals surface area contributed by atoms with Gasteiger partial charge in [0.2, 0.25) is 5.91 Å². The Labute approximate surface area is 119 Å². The summed E-state index contributed by atoms with van der Waals surface area (Å²) in [4.78, 5) is 16.7. The number of fused-ring (bicyclic) bond motifs is 1. The highest BCUT2D eigenvalue weighted by atomic mass is 16.2. The minimum atomic E-state index is -0.500. The van der Waals surface area contributed by atoms with E-state index < -0.39 is 6.04 Å². The van der Waals surface area contributed by atoms with E-state index in [1.54, 1.807) is 0 Å². The van der Waals surface area contributed by atoms with Gasteiger partial charge in [-0.2, -0.15) is 0 Å². The average Bonchev–Trinajstić information content (AvgIpc) is 2.46. The number of benzene rings is 1. The highest BCUT2D eigenvalue weighted by Gasteiger charge is 2.20. The van der Waals surface area contributed by atoms with Crippen molar-refractivity contribution in [2.45, 2.75) is 33.2 Å². The summed E-state index contributed by atoms with van der Waals surface area (Å²) < 4.78 is 0. The third-order valence-corrected chi connectivity index (χ3v) is 3.68. The quantitative estimate of drug-likeness (QED) is 0.898. The van der Waals surface area contributed by atoms with Crippen molar-refractivity contribution in [2.24, 2.45) is 11.7 Å². The molecular weight excluding hydrogens is 250 g/mol. The fourth-order valence-corrected chi connectivity index (χ4v) is 2.07. The number of nitrogens with one attached hydrogen (secondary N) is 1. The normalized spacial score (nSPS) is 14.0. The smallest absolute Gasteiger partial charge is 0.241 e. The topological polar surface area (TPSA) is 68.0 Å². The van der Waals surface area contributed by atoms with Gasteiger partial charge >= 0.3 is 0 Å². The van der Waals surface area contributed by atoms with E-state index >= 15 is 0 Å². The Morgan fingerprint density at radius 3 is 2.80 bits per heavy atom. The molecule has 2 aromatic rings. The fraction of sp³-hybridized carbons (Fsp3) is 0.375. The van der Waals surface area contributed by atoms with Crippen LogP contribution in [0.4, 0.5) is 5.69 Å². The minimum Gasteiger partial charge on any atom is -0.323 e. The second kappa shape index (κ2) is 6.01. The first-order valence-corrected chi connectivity index (χ1v) is 6.95. The van der Waals surface area contributed by atoms with Gasteiger partial charge in [0.25, 0.3) is 0 Å². The molecule has 20 heavy (non-hydrogen) atoms. The Kier molecular flexibility index (Phi) is 4.35. The number of nitrogens with zero attached hydrogens (tertiary/aromatic N) is 1. The lowest BCUT2D eigenvalue weighted by Crippen LogP contribution is -2.40. The molecule has 1 amide bonds. The standard InChI is InChI=1S/C16H21N3O/c1-4-10(2)14(17)16(20)19-13-7-5-6-12-9-8-11(3)18-15(12)13/h5-10,14H,4,17H2,1-3H3,(H,19,20). The first-order chi connectivity index (χ1) is 9.52. The van der Waals surface area contributed by atoms with Crippen molar-refractivity contribution >= 4 is 22.5 Å². The van der Waals surface area contributed by atoms with Crippen LogP contribution in [0.2, 0.25) is 0 Å². The van der Waals surface area contributed by atoms with Gasteiger partial charge in [-0.3, -0.25) is 9.78 Å². The van der Waals surface area contributed by atoms with Gasteiger partial charge in [0, 0.05) is 11.1 Å². The molecule has 4 nitrogen and oxygen atoms in total. The van der Waals surface area contributed by atoms with E-state index in [0.29, 0.717) is 0 Å². The number of amides is 1. The molecule has 1 aromatic carbocycles. The predicted octanol–water partition coefficient (Wildman–Crippen LogP) is 2.86. The van der Waals surface area contributed by atoms with Crippen LogP contribution in [0, 0.1) is 12.8 Å². The number of rotatable bonds is 4. The lowest BCUT2D eigenvalue weighted by Gasteiger charge is -2.18. The summed E-state index contributed by atoms with van der Waals surface area (Å²) in [6, 6.07) is 9.20. The number of aromatic nitrogens is 1. The van der Waals surface area contributed by atoms with E-state index in [-0.39, 0.29) is 11.8 Å². The first-order valence-electron chi connectivity index (χ1n) is 6.95. The zero-order valence-electron chi connectivity index (χ0n) is 12.2. The number of aryl methyl sites for hydroxylation is 1. The summed E-state index contributed by atoms with van der Waals surface area (Å²) in [5.41, 5.74) is 8.40. The van der Waals surface area contributed by atoms with Gasteiger partial charge in [-0.05, 0) is 25.0 Å². The summed E-state index contributed by atoms with van der Waals surface area (Å²) in [6.45, 7) is 5.94. The second-order valence-corrected chi connectivity index (χ2v) is 5.23. The summed E-state index contributed by atoms with van der Waals surface area (Å²) >= 11 is 0. The Morgan fingerprint density at radius 2 is 2.10 bits per heavy atom. The van der Waals surface area contributed by atoms with Crippen LogP contribution in [0.3, 0.4) is 0 Å². The molecule has 1 aromatic heterocycles. The number of hydrogen-bond acceptors (Lipinski definition) is 3. The predicted molar refractivity (Wildman–Crippen MR) is 82.5 cm³/mol. The number of nitrogens with two attached hydrogens (primary N) is 1. The molecule has 0 saturated heterocycles. The highest BCUT2D eigenvalue weighted by molar-refractivity contribution is 6.02. The van der Waals surface area contributed by atoms with Crippen LogP contribution in [0.1, 0.15) is 26.0 Å². The van der Waals surface area contributed by atoms with Crippen LogP contribution in [-0.4, -0.2) is 16.9 Å². The molecule has 0 bridgehead atoms. The summed E-state index contributed by atoms with van der Waals surface area (Å²) in [7, 11) is 0.